The van der Waals surface area contributed by atoms with Gasteiger partial charge in [-0.05, 0) is 66.4 Å². The minimum Gasteiger partial charge on any atom is -0.496 e. The number of amides is 2. The Morgan fingerprint density at radius 3 is 2.69 bits per heavy atom. The smallest absolute Gasteiger partial charge is 0.331 e. The molecule has 2 aromatic rings. The number of benzene rings is 1. The van der Waals surface area contributed by atoms with E-state index in [9.17, 15) is 19.5 Å². The Hall–Kier alpha value is -2.94. The summed E-state index contributed by atoms with van der Waals surface area (Å²) in [7, 11) is 1.52. The van der Waals surface area contributed by atoms with Gasteiger partial charge < -0.3 is 24.4 Å². The highest BCUT2D eigenvalue weighted by Crippen LogP contribution is 2.37. The van der Waals surface area contributed by atoms with Gasteiger partial charge in [0.15, 0.2) is 6.04 Å². The fourth-order valence-corrected chi connectivity index (χ4v) is 4.93. The van der Waals surface area contributed by atoms with Crippen molar-refractivity contribution in [1.29, 1.82) is 0 Å². The van der Waals surface area contributed by atoms with Crippen LogP contribution in [0.5, 0.6) is 5.75 Å². The molecule has 0 saturated heterocycles. The van der Waals surface area contributed by atoms with Crippen LogP contribution in [0, 0.1) is 11.8 Å². The summed E-state index contributed by atoms with van der Waals surface area (Å²) in [5.41, 5.74) is 2.22. The zero-order chi connectivity index (χ0) is 26.5. The van der Waals surface area contributed by atoms with E-state index in [4.69, 9.17) is 9.47 Å². The predicted octanol–water partition coefficient (Wildman–Crippen LogP) is 3.12. The molecular formula is C25H28BrN3O6S. The van der Waals surface area contributed by atoms with Gasteiger partial charge >= 0.3 is 17.8 Å². The zero-order valence-electron chi connectivity index (χ0n) is 20.5. The molecule has 0 bridgehead atoms. The lowest BCUT2D eigenvalue weighted by molar-refractivity contribution is -0.161. The third kappa shape index (κ3) is 6.43. The number of aliphatic carboxylic acids is 1. The molecule has 1 aliphatic rings. The molecule has 0 aliphatic carbocycles. The van der Waals surface area contributed by atoms with Gasteiger partial charge in [-0.1, -0.05) is 11.8 Å². The van der Waals surface area contributed by atoms with E-state index in [2.05, 4.69) is 32.8 Å². The minimum atomic E-state index is -1.28. The molecule has 11 heteroatoms. The molecule has 0 fully saturated rings. The second-order valence-corrected chi connectivity index (χ2v) is 10.8. The number of fused-ring (bicyclic) bond motifs is 1. The summed E-state index contributed by atoms with van der Waals surface area (Å²) in [5, 5.41) is 9.99. The summed E-state index contributed by atoms with van der Waals surface area (Å²) in [6.45, 7) is 6.02. The number of carboxylic acid groups (broad SMARTS) is 1. The number of hydrogen-bond acceptors (Lipinski definition) is 7. The highest BCUT2D eigenvalue weighted by atomic mass is 79.9. The van der Waals surface area contributed by atoms with Crippen LogP contribution in [0.15, 0.2) is 28.3 Å². The van der Waals surface area contributed by atoms with Crippen molar-refractivity contribution in [3.63, 3.8) is 0 Å². The highest BCUT2D eigenvalue weighted by Gasteiger charge is 2.41. The molecule has 3 rings (SSSR count). The lowest BCUT2D eigenvalue weighted by Gasteiger charge is -2.39. The molecule has 0 radical (unpaired) electrons. The Labute approximate surface area is 222 Å². The van der Waals surface area contributed by atoms with E-state index in [1.165, 1.54) is 23.3 Å². The Morgan fingerprint density at radius 1 is 1.33 bits per heavy atom. The molecule has 0 spiro atoms. The number of hydrogen-bond donors (Lipinski definition) is 1. The SMILES string of the molecule is COc1cc2c(cc1Br)C(C(=O)O)N(C(=O)C(=O)N(CCOCC#Cc1cncs1)C(C)(C)C)CC2. The van der Waals surface area contributed by atoms with Gasteiger partial charge in [0.2, 0.25) is 0 Å². The predicted molar refractivity (Wildman–Crippen MR) is 138 cm³/mol. The Kier molecular flexibility index (Phi) is 9.11. The van der Waals surface area contributed by atoms with E-state index >= 15 is 0 Å². The highest BCUT2D eigenvalue weighted by molar-refractivity contribution is 9.10. The second kappa shape index (κ2) is 11.9. The lowest BCUT2D eigenvalue weighted by Crippen LogP contribution is -2.55. The van der Waals surface area contributed by atoms with Crippen LogP contribution in [0.1, 0.15) is 42.8 Å². The molecule has 1 aliphatic heterocycles. The van der Waals surface area contributed by atoms with Gasteiger partial charge in [-0.2, -0.15) is 0 Å². The second-order valence-electron chi connectivity index (χ2n) is 9.02. The molecule has 1 atom stereocenters. The molecular weight excluding hydrogens is 550 g/mol. The number of thiazole rings is 1. The van der Waals surface area contributed by atoms with Crippen LogP contribution in [0.3, 0.4) is 0 Å². The molecule has 2 amide bonds. The van der Waals surface area contributed by atoms with Gasteiger partial charge in [0.1, 0.15) is 12.4 Å². The van der Waals surface area contributed by atoms with E-state index < -0.39 is 29.4 Å². The first-order valence-corrected chi connectivity index (χ1v) is 12.9. The van der Waals surface area contributed by atoms with Crippen LogP contribution in [0.2, 0.25) is 0 Å². The largest absolute Gasteiger partial charge is 0.496 e. The van der Waals surface area contributed by atoms with Crippen molar-refractivity contribution in [2.75, 3.05) is 33.4 Å². The van der Waals surface area contributed by atoms with E-state index in [0.29, 0.717) is 22.2 Å². The molecule has 36 heavy (non-hydrogen) atoms. The Balaban J connectivity index is 1.73. The van der Waals surface area contributed by atoms with Gasteiger partial charge in [-0.3, -0.25) is 14.6 Å². The van der Waals surface area contributed by atoms with Crippen LogP contribution >= 0.6 is 27.3 Å². The fourth-order valence-electron chi connectivity index (χ4n) is 3.92. The van der Waals surface area contributed by atoms with Crippen LogP contribution in [-0.2, 0) is 25.5 Å². The van der Waals surface area contributed by atoms with E-state index in [1.807, 2.05) is 20.8 Å². The Morgan fingerprint density at radius 2 is 2.08 bits per heavy atom. The van der Waals surface area contributed by atoms with Crippen LogP contribution < -0.4 is 4.74 Å². The number of ether oxygens (including phenoxy) is 2. The average Bonchev–Trinajstić information content (AvgIpc) is 3.34. The van der Waals surface area contributed by atoms with E-state index in [0.717, 1.165) is 15.3 Å². The monoisotopic (exact) mass is 577 g/mol. The molecule has 0 saturated carbocycles. The third-order valence-electron chi connectivity index (χ3n) is 5.65. The number of halogens is 1. The number of carbonyl (C=O) groups is 3. The third-order valence-corrected chi connectivity index (χ3v) is 6.96. The van der Waals surface area contributed by atoms with Gasteiger partial charge in [0.05, 0.1) is 34.8 Å². The molecule has 2 heterocycles. The number of methoxy groups -OCH3 is 1. The van der Waals surface area contributed by atoms with Gasteiger partial charge in [-0.25, -0.2) is 4.79 Å². The van der Waals surface area contributed by atoms with Gasteiger partial charge in [-0.15, -0.1) is 11.3 Å². The van der Waals surface area contributed by atoms with Gasteiger partial charge in [0, 0.05) is 18.6 Å². The molecule has 1 aromatic carbocycles. The van der Waals surface area contributed by atoms with Crippen LogP contribution in [0.4, 0.5) is 0 Å². The normalized spacial score (nSPS) is 14.9. The lowest BCUT2D eigenvalue weighted by atomic mass is 9.92. The number of rotatable bonds is 6. The van der Waals surface area contributed by atoms with Crippen molar-refractivity contribution in [2.24, 2.45) is 0 Å². The topological polar surface area (TPSA) is 109 Å². The van der Waals surface area contributed by atoms with Gasteiger partial charge in [0.25, 0.3) is 0 Å². The molecule has 1 aromatic heterocycles. The number of aromatic nitrogens is 1. The van der Waals surface area contributed by atoms with Crippen molar-refractivity contribution in [3.05, 3.63) is 44.3 Å². The van der Waals surface area contributed by atoms with Crippen molar-refractivity contribution >= 4 is 45.1 Å². The first kappa shape index (κ1) is 27.6. The summed E-state index contributed by atoms with van der Waals surface area (Å²) in [4.78, 5) is 46.3. The summed E-state index contributed by atoms with van der Waals surface area (Å²) in [6, 6.07) is 2.11. The standard InChI is InChI=1S/C25H28BrN3O6S/c1-25(2,3)29(9-11-35-10-5-6-17-14-27-15-36-17)23(31)22(30)28-8-7-16-12-20(34-4)19(26)13-18(16)21(28)24(32)33/h12-15,21H,7-11H2,1-4H3,(H,32,33). The van der Waals surface area contributed by atoms with Crippen molar-refractivity contribution in [2.45, 2.75) is 38.8 Å². The number of nitrogens with zero attached hydrogens (tertiary/aromatic N) is 3. The zero-order valence-corrected chi connectivity index (χ0v) is 22.9. The fraction of sp³-hybridized carbons (Fsp3) is 0.440. The minimum absolute atomic E-state index is 0.0982. The summed E-state index contributed by atoms with van der Waals surface area (Å²) in [5.74, 6) is 3.55. The molecule has 1 N–H and O–H groups in total. The number of carboxylic acids is 1. The van der Waals surface area contributed by atoms with E-state index in [-0.39, 0.29) is 26.3 Å². The summed E-state index contributed by atoms with van der Waals surface area (Å²) < 4.78 is 11.4. The first-order chi connectivity index (χ1) is 17.0. The van der Waals surface area contributed by atoms with Crippen molar-refractivity contribution < 1.29 is 29.0 Å². The first-order valence-electron chi connectivity index (χ1n) is 11.2. The van der Waals surface area contributed by atoms with Crippen LogP contribution in [0.25, 0.3) is 0 Å². The Bertz CT molecular complexity index is 1180. The van der Waals surface area contributed by atoms with Crippen molar-refractivity contribution in [1.82, 2.24) is 14.8 Å². The molecule has 9 nitrogen and oxygen atoms in total. The maximum absolute atomic E-state index is 13.4. The summed E-state index contributed by atoms with van der Waals surface area (Å²) >= 11 is 4.81. The van der Waals surface area contributed by atoms with Crippen molar-refractivity contribution in [3.8, 4) is 17.6 Å². The number of carbonyl (C=O) groups excluding carboxylic acids is 2. The average molecular weight is 578 g/mol. The van der Waals surface area contributed by atoms with E-state index in [1.54, 1.807) is 23.8 Å². The molecule has 1 unspecified atom stereocenters. The molecule has 192 valence electrons. The maximum Gasteiger partial charge on any atom is 0.331 e. The summed E-state index contributed by atoms with van der Waals surface area (Å²) in [6.07, 6.45) is 2.07. The maximum atomic E-state index is 13.4. The quantitative estimate of drug-likeness (QED) is 0.319. The van der Waals surface area contributed by atoms with Crippen LogP contribution in [-0.4, -0.2) is 76.6 Å².